The van der Waals surface area contributed by atoms with Gasteiger partial charge in [0.15, 0.2) is 0 Å². The summed E-state index contributed by atoms with van der Waals surface area (Å²) in [5, 5.41) is 14.4. The number of hydrogen-bond donors (Lipinski definition) is 3. The Kier molecular flexibility index (Phi) is 3.80. The van der Waals surface area contributed by atoms with E-state index in [1.807, 2.05) is 0 Å². The first-order valence-corrected chi connectivity index (χ1v) is 6.06. The highest BCUT2D eigenvalue weighted by Crippen LogP contribution is 2.30. The molecule has 0 atom stereocenters. The molecule has 1 aliphatic rings. The van der Waals surface area contributed by atoms with Crippen molar-refractivity contribution in [3.63, 3.8) is 0 Å². The van der Waals surface area contributed by atoms with Gasteiger partial charge in [0.1, 0.15) is 5.82 Å². The normalized spacial score (nSPS) is 16.3. The van der Waals surface area contributed by atoms with E-state index in [-0.39, 0.29) is 12.2 Å². The highest BCUT2D eigenvalue weighted by molar-refractivity contribution is 6.39. The average molecular weight is 266 g/mol. The summed E-state index contributed by atoms with van der Waals surface area (Å²) in [5.41, 5.74) is -0.670. The fourth-order valence-corrected chi connectivity index (χ4v) is 1.84. The van der Waals surface area contributed by atoms with E-state index in [0.717, 1.165) is 12.5 Å². The summed E-state index contributed by atoms with van der Waals surface area (Å²) in [4.78, 5) is 23.0. The molecule has 0 bridgehead atoms. The number of anilines is 1. The Bertz CT molecular complexity index is 500. The van der Waals surface area contributed by atoms with Crippen molar-refractivity contribution in [2.45, 2.75) is 24.9 Å². The maximum absolute atomic E-state index is 12.9. The van der Waals surface area contributed by atoms with Crippen LogP contribution in [-0.4, -0.2) is 29.1 Å². The monoisotopic (exact) mass is 266 g/mol. The number of halogens is 1. The van der Waals surface area contributed by atoms with Crippen LogP contribution >= 0.6 is 0 Å². The largest absolute Gasteiger partial charge is 0.388 e. The summed E-state index contributed by atoms with van der Waals surface area (Å²) >= 11 is 0. The van der Waals surface area contributed by atoms with Crippen molar-refractivity contribution in [2.75, 3.05) is 11.9 Å². The fourth-order valence-electron chi connectivity index (χ4n) is 1.84. The second-order valence-corrected chi connectivity index (χ2v) is 4.73. The molecule has 1 aromatic carbocycles. The number of benzene rings is 1. The zero-order valence-electron chi connectivity index (χ0n) is 10.3. The lowest BCUT2D eigenvalue weighted by molar-refractivity contribution is -0.137. The van der Waals surface area contributed by atoms with Gasteiger partial charge in [0.25, 0.3) is 0 Å². The number of aliphatic hydroxyl groups is 1. The van der Waals surface area contributed by atoms with Crippen LogP contribution in [0.3, 0.4) is 0 Å². The van der Waals surface area contributed by atoms with E-state index in [2.05, 4.69) is 10.6 Å². The van der Waals surface area contributed by atoms with Crippen molar-refractivity contribution < 1.29 is 19.1 Å². The van der Waals surface area contributed by atoms with Gasteiger partial charge < -0.3 is 15.7 Å². The van der Waals surface area contributed by atoms with Gasteiger partial charge >= 0.3 is 11.8 Å². The first-order valence-electron chi connectivity index (χ1n) is 6.06. The minimum absolute atomic E-state index is 0.0579. The lowest BCUT2D eigenvalue weighted by Gasteiger charge is -2.36. The Balaban J connectivity index is 1.84. The summed E-state index contributed by atoms with van der Waals surface area (Å²) in [6.07, 6.45) is 2.17. The van der Waals surface area contributed by atoms with E-state index in [1.165, 1.54) is 18.2 Å². The predicted octanol–water partition coefficient (Wildman–Crippen LogP) is 0.795. The van der Waals surface area contributed by atoms with Crippen LogP contribution in [0.2, 0.25) is 0 Å². The highest BCUT2D eigenvalue weighted by Gasteiger charge is 2.35. The van der Waals surface area contributed by atoms with E-state index in [9.17, 15) is 19.1 Å². The van der Waals surface area contributed by atoms with Crippen molar-refractivity contribution in [3.8, 4) is 0 Å². The third kappa shape index (κ3) is 3.51. The van der Waals surface area contributed by atoms with Gasteiger partial charge in [-0.15, -0.1) is 0 Å². The van der Waals surface area contributed by atoms with E-state index in [1.54, 1.807) is 0 Å². The Morgan fingerprint density at radius 3 is 2.63 bits per heavy atom. The van der Waals surface area contributed by atoms with Gasteiger partial charge in [-0.3, -0.25) is 9.59 Å². The Labute approximate surface area is 109 Å². The lowest BCUT2D eigenvalue weighted by Crippen LogP contribution is -2.49. The molecule has 0 radical (unpaired) electrons. The molecular formula is C13H15FN2O3. The molecule has 0 aromatic heterocycles. The molecule has 0 aliphatic heterocycles. The Morgan fingerprint density at radius 1 is 1.32 bits per heavy atom. The zero-order valence-corrected chi connectivity index (χ0v) is 10.3. The van der Waals surface area contributed by atoms with Gasteiger partial charge in [0.2, 0.25) is 0 Å². The van der Waals surface area contributed by atoms with Crippen LogP contribution in [0.5, 0.6) is 0 Å². The summed E-state index contributed by atoms with van der Waals surface area (Å²) < 4.78 is 12.9. The molecule has 2 amide bonds. The predicted molar refractivity (Wildman–Crippen MR) is 66.8 cm³/mol. The minimum Gasteiger partial charge on any atom is -0.388 e. The van der Waals surface area contributed by atoms with Gasteiger partial charge in [-0.1, -0.05) is 6.07 Å². The zero-order chi connectivity index (χ0) is 13.9. The second kappa shape index (κ2) is 5.36. The Hall–Kier alpha value is -1.95. The first kappa shape index (κ1) is 13.5. The van der Waals surface area contributed by atoms with Crippen molar-refractivity contribution in [3.05, 3.63) is 30.1 Å². The van der Waals surface area contributed by atoms with Crippen molar-refractivity contribution in [1.82, 2.24) is 5.32 Å². The molecule has 0 spiro atoms. The lowest BCUT2D eigenvalue weighted by atomic mass is 9.80. The summed E-state index contributed by atoms with van der Waals surface area (Å²) in [7, 11) is 0. The molecule has 2 rings (SSSR count). The molecule has 5 nitrogen and oxygen atoms in total. The number of hydrogen-bond acceptors (Lipinski definition) is 3. The van der Waals surface area contributed by atoms with Crippen LogP contribution in [-0.2, 0) is 9.59 Å². The third-order valence-electron chi connectivity index (χ3n) is 3.15. The molecule has 1 aromatic rings. The van der Waals surface area contributed by atoms with E-state index >= 15 is 0 Å². The average Bonchev–Trinajstić information content (AvgIpc) is 2.33. The van der Waals surface area contributed by atoms with Gasteiger partial charge in [0, 0.05) is 12.2 Å². The van der Waals surface area contributed by atoms with Crippen LogP contribution in [0.15, 0.2) is 24.3 Å². The fraction of sp³-hybridized carbons (Fsp3) is 0.385. The van der Waals surface area contributed by atoms with Gasteiger partial charge in [-0.2, -0.15) is 0 Å². The molecule has 1 aliphatic carbocycles. The maximum Gasteiger partial charge on any atom is 0.313 e. The molecule has 0 unspecified atom stereocenters. The standard InChI is InChI=1S/C13H15FN2O3/c14-9-3-1-4-10(7-9)16-12(18)11(17)15-8-13(19)5-2-6-13/h1,3-4,7,19H,2,5-6,8H2,(H,15,17)(H,16,18). The summed E-state index contributed by atoms with van der Waals surface area (Å²) in [6, 6.07) is 5.26. The van der Waals surface area contributed by atoms with E-state index < -0.39 is 23.2 Å². The van der Waals surface area contributed by atoms with Crippen molar-refractivity contribution in [1.29, 1.82) is 0 Å². The molecular weight excluding hydrogens is 251 g/mol. The molecule has 0 saturated heterocycles. The highest BCUT2D eigenvalue weighted by atomic mass is 19.1. The summed E-state index contributed by atoms with van der Waals surface area (Å²) in [5.74, 6) is -2.22. The van der Waals surface area contributed by atoms with Crippen LogP contribution < -0.4 is 10.6 Å². The van der Waals surface area contributed by atoms with Crippen LogP contribution in [0.1, 0.15) is 19.3 Å². The SMILES string of the molecule is O=C(NCC1(O)CCC1)C(=O)Nc1cccc(F)c1. The van der Waals surface area contributed by atoms with E-state index in [4.69, 9.17) is 0 Å². The molecule has 0 heterocycles. The molecule has 19 heavy (non-hydrogen) atoms. The maximum atomic E-state index is 12.9. The molecule has 3 N–H and O–H groups in total. The number of carbonyl (C=O) groups is 2. The van der Waals surface area contributed by atoms with Gasteiger partial charge in [-0.25, -0.2) is 4.39 Å². The molecule has 6 heteroatoms. The second-order valence-electron chi connectivity index (χ2n) is 4.73. The molecule has 1 saturated carbocycles. The van der Waals surface area contributed by atoms with Gasteiger partial charge in [-0.05, 0) is 37.5 Å². The van der Waals surface area contributed by atoms with Crippen molar-refractivity contribution in [2.24, 2.45) is 0 Å². The third-order valence-corrected chi connectivity index (χ3v) is 3.15. The summed E-state index contributed by atoms with van der Waals surface area (Å²) in [6.45, 7) is 0.0579. The first-order chi connectivity index (χ1) is 8.98. The molecule has 1 fully saturated rings. The van der Waals surface area contributed by atoms with Crippen LogP contribution in [0, 0.1) is 5.82 Å². The van der Waals surface area contributed by atoms with E-state index in [0.29, 0.717) is 12.8 Å². The number of carbonyl (C=O) groups excluding carboxylic acids is 2. The topological polar surface area (TPSA) is 78.4 Å². The quantitative estimate of drug-likeness (QED) is 0.708. The number of nitrogens with one attached hydrogen (secondary N) is 2. The minimum atomic E-state index is -0.881. The van der Waals surface area contributed by atoms with Crippen LogP contribution in [0.4, 0.5) is 10.1 Å². The number of rotatable bonds is 3. The van der Waals surface area contributed by atoms with Crippen molar-refractivity contribution >= 4 is 17.5 Å². The van der Waals surface area contributed by atoms with Gasteiger partial charge in [0.05, 0.1) is 5.60 Å². The number of amides is 2. The molecule has 102 valence electrons. The van der Waals surface area contributed by atoms with Crippen LogP contribution in [0.25, 0.3) is 0 Å². The Morgan fingerprint density at radius 2 is 2.05 bits per heavy atom. The smallest absolute Gasteiger partial charge is 0.313 e.